The third-order valence-corrected chi connectivity index (χ3v) is 3.47. The van der Waals surface area contributed by atoms with Crippen LogP contribution in [-0.2, 0) is 0 Å². The lowest BCUT2D eigenvalue weighted by atomic mass is 9.88. The molecule has 0 aliphatic carbocycles. The average Bonchev–Trinajstić information content (AvgIpc) is 2.67. The summed E-state index contributed by atoms with van der Waals surface area (Å²) < 4.78 is 0. The minimum atomic E-state index is 0.742. The van der Waals surface area contributed by atoms with E-state index < -0.39 is 0 Å². The standard InChI is InChI=1S/C10H20N2.C2H6/c1-8(2)12-4-3-9-5-11-6-10(9)7-12;1-2/h8-11H,3-7H2,1-2H3;1-2H3. The van der Waals surface area contributed by atoms with E-state index in [0.29, 0.717) is 0 Å². The summed E-state index contributed by atoms with van der Waals surface area (Å²) in [6, 6.07) is 0.742. The molecule has 14 heavy (non-hydrogen) atoms. The predicted octanol–water partition coefficient (Wildman–Crippen LogP) is 1.96. The number of nitrogens with one attached hydrogen (secondary N) is 1. The Hall–Kier alpha value is -0.0800. The lowest BCUT2D eigenvalue weighted by molar-refractivity contribution is 0.118. The zero-order chi connectivity index (χ0) is 10.6. The van der Waals surface area contributed by atoms with Crippen molar-refractivity contribution in [2.45, 2.75) is 40.2 Å². The second-order valence-electron chi connectivity index (χ2n) is 4.56. The van der Waals surface area contributed by atoms with Crippen LogP contribution in [0.2, 0.25) is 0 Å². The number of hydrogen-bond donors (Lipinski definition) is 1. The molecular formula is C12H26N2. The smallest absolute Gasteiger partial charge is 0.00387 e. The topological polar surface area (TPSA) is 15.3 Å². The van der Waals surface area contributed by atoms with Crippen molar-refractivity contribution in [1.82, 2.24) is 10.2 Å². The Morgan fingerprint density at radius 3 is 2.43 bits per heavy atom. The van der Waals surface area contributed by atoms with Crippen molar-refractivity contribution in [3.8, 4) is 0 Å². The number of likely N-dealkylation sites (tertiary alicyclic amines) is 1. The molecule has 2 heteroatoms. The first-order chi connectivity index (χ1) is 6.77. The van der Waals surface area contributed by atoms with Crippen molar-refractivity contribution in [2.75, 3.05) is 26.2 Å². The second kappa shape index (κ2) is 5.72. The molecule has 0 bridgehead atoms. The summed E-state index contributed by atoms with van der Waals surface area (Å²) in [6.45, 7) is 13.8. The summed E-state index contributed by atoms with van der Waals surface area (Å²) in [5.74, 6) is 1.93. The van der Waals surface area contributed by atoms with Crippen molar-refractivity contribution in [3.05, 3.63) is 0 Å². The first kappa shape index (κ1) is 12.0. The Balaban J connectivity index is 0.000000461. The van der Waals surface area contributed by atoms with Crippen LogP contribution >= 0.6 is 0 Å². The van der Waals surface area contributed by atoms with Gasteiger partial charge in [-0.2, -0.15) is 0 Å². The first-order valence-corrected chi connectivity index (χ1v) is 6.22. The minimum Gasteiger partial charge on any atom is -0.316 e. The molecule has 0 radical (unpaired) electrons. The Kier molecular flexibility index (Phi) is 4.90. The van der Waals surface area contributed by atoms with E-state index in [1.807, 2.05) is 13.8 Å². The molecule has 0 aromatic heterocycles. The molecule has 2 atom stereocenters. The number of hydrogen-bond acceptors (Lipinski definition) is 2. The zero-order valence-corrected chi connectivity index (χ0v) is 10.2. The summed E-state index contributed by atoms with van der Waals surface area (Å²) in [4.78, 5) is 2.62. The van der Waals surface area contributed by atoms with E-state index in [4.69, 9.17) is 0 Å². The van der Waals surface area contributed by atoms with E-state index >= 15 is 0 Å². The molecule has 84 valence electrons. The van der Waals surface area contributed by atoms with Crippen LogP contribution in [0, 0.1) is 11.8 Å². The van der Waals surface area contributed by atoms with E-state index in [1.54, 1.807) is 0 Å². The van der Waals surface area contributed by atoms with E-state index in [9.17, 15) is 0 Å². The van der Waals surface area contributed by atoms with Crippen LogP contribution in [0.3, 0.4) is 0 Å². The highest BCUT2D eigenvalue weighted by Crippen LogP contribution is 2.27. The van der Waals surface area contributed by atoms with Crippen LogP contribution < -0.4 is 5.32 Å². The van der Waals surface area contributed by atoms with Gasteiger partial charge in [0.05, 0.1) is 0 Å². The Morgan fingerprint density at radius 1 is 1.14 bits per heavy atom. The van der Waals surface area contributed by atoms with Gasteiger partial charge in [-0.05, 0) is 51.7 Å². The van der Waals surface area contributed by atoms with Crippen LogP contribution in [0.15, 0.2) is 0 Å². The number of piperidine rings is 1. The van der Waals surface area contributed by atoms with Crippen LogP contribution in [0.5, 0.6) is 0 Å². The van der Waals surface area contributed by atoms with Gasteiger partial charge in [0.2, 0.25) is 0 Å². The minimum absolute atomic E-state index is 0.742. The molecule has 2 unspecified atom stereocenters. The van der Waals surface area contributed by atoms with Gasteiger partial charge in [-0.15, -0.1) is 0 Å². The summed E-state index contributed by atoms with van der Waals surface area (Å²) in [7, 11) is 0. The molecule has 0 aromatic rings. The molecule has 2 rings (SSSR count). The zero-order valence-electron chi connectivity index (χ0n) is 10.2. The third kappa shape index (κ3) is 2.71. The lowest BCUT2D eigenvalue weighted by Crippen LogP contribution is -2.43. The van der Waals surface area contributed by atoms with Gasteiger partial charge < -0.3 is 10.2 Å². The van der Waals surface area contributed by atoms with Crippen LogP contribution in [0.4, 0.5) is 0 Å². The predicted molar refractivity (Wildman–Crippen MR) is 62.5 cm³/mol. The molecule has 1 N–H and O–H groups in total. The molecule has 2 heterocycles. The van der Waals surface area contributed by atoms with E-state index in [1.165, 1.54) is 32.6 Å². The van der Waals surface area contributed by atoms with Gasteiger partial charge in [-0.1, -0.05) is 13.8 Å². The Labute approximate surface area is 89.1 Å². The molecule has 0 amide bonds. The van der Waals surface area contributed by atoms with E-state index in [-0.39, 0.29) is 0 Å². The highest BCUT2D eigenvalue weighted by molar-refractivity contribution is 4.88. The monoisotopic (exact) mass is 198 g/mol. The molecule has 0 spiro atoms. The van der Waals surface area contributed by atoms with Gasteiger partial charge in [0, 0.05) is 12.6 Å². The molecule has 2 aliphatic heterocycles. The Morgan fingerprint density at radius 2 is 1.79 bits per heavy atom. The summed E-state index contributed by atoms with van der Waals surface area (Å²) in [6.07, 6.45) is 1.41. The quantitative estimate of drug-likeness (QED) is 0.693. The Bertz CT molecular complexity index is 156. The van der Waals surface area contributed by atoms with E-state index in [2.05, 4.69) is 24.1 Å². The fourth-order valence-electron chi connectivity index (χ4n) is 2.53. The molecule has 2 aliphatic rings. The SMILES string of the molecule is CC.CC(C)N1CCC2CNCC2C1. The number of fused-ring (bicyclic) bond motifs is 1. The van der Waals surface area contributed by atoms with Crippen LogP contribution in [-0.4, -0.2) is 37.1 Å². The van der Waals surface area contributed by atoms with Crippen molar-refractivity contribution >= 4 is 0 Å². The van der Waals surface area contributed by atoms with Gasteiger partial charge in [0.25, 0.3) is 0 Å². The normalized spacial score (nSPS) is 32.4. The van der Waals surface area contributed by atoms with Crippen molar-refractivity contribution in [2.24, 2.45) is 11.8 Å². The largest absolute Gasteiger partial charge is 0.316 e. The molecule has 2 nitrogen and oxygen atoms in total. The fraction of sp³-hybridized carbons (Fsp3) is 1.00. The maximum Gasteiger partial charge on any atom is 0.00387 e. The third-order valence-electron chi connectivity index (χ3n) is 3.47. The van der Waals surface area contributed by atoms with Crippen LogP contribution in [0.25, 0.3) is 0 Å². The molecule has 0 aromatic carbocycles. The maximum absolute atomic E-state index is 3.50. The van der Waals surface area contributed by atoms with Gasteiger partial charge in [-0.3, -0.25) is 0 Å². The van der Waals surface area contributed by atoms with Crippen molar-refractivity contribution in [3.63, 3.8) is 0 Å². The van der Waals surface area contributed by atoms with Gasteiger partial charge in [0.15, 0.2) is 0 Å². The summed E-state index contributed by atoms with van der Waals surface area (Å²) in [5, 5.41) is 3.50. The van der Waals surface area contributed by atoms with Gasteiger partial charge in [0.1, 0.15) is 0 Å². The number of rotatable bonds is 1. The maximum atomic E-state index is 3.50. The highest BCUT2D eigenvalue weighted by Gasteiger charge is 2.33. The second-order valence-corrected chi connectivity index (χ2v) is 4.56. The highest BCUT2D eigenvalue weighted by atomic mass is 15.2. The molecule has 2 fully saturated rings. The molecule has 0 saturated carbocycles. The molecular weight excluding hydrogens is 172 g/mol. The average molecular weight is 198 g/mol. The first-order valence-electron chi connectivity index (χ1n) is 6.22. The van der Waals surface area contributed by atoms with Crippen LogP contribution in [0.1, 0.15) is 34.1 Å². The van der Waals surface area contributed by atoms with Gasteiger partial charge in [-0.25, -0.2) is 0 Å². The summed E-state index contributed by atoms with van der Waals surface area (Å²) >= 11 is 0. The number of nitrogens with zero attached hydrogens (tertiary/aromatic N) is 1. The van der Waals surface area contributed by atoms with Crippen molar-refractivity contribution < 1.29 is 0 Å². The van der Waals surface area contributed by atoms with E-state index in [0.717, 1.165) is 17.9 Å². The van der Waals surface area contributed by atoms with Crippen molar-refractivity contribution in [1.29, 1.82) is 0 Å². The fourth-order valence-corrected chi connectivity index (χ4v) is 2.53. The summed E-state index contributed by atoms with van der Waals surface area (Å²) in [5.41, 5.74) is 0. The lowest BCUT2D eigenvalue weighted by Gasteiger charge is -2.36. The molecule has 2 saturated heterocycles. The van der Waals surface area contributed by atoms with Gasteiger partial charge >= 0.3 is 0 Å².